The van der Waals surface area contributed by atoms with Crippen molar-refractivity contribution in [3.05, 3.63) is 47.1 Å². The standard InChI is InChI=1S/C10H7N5OS/c16-10-12-8-4-2-1-3-7(8)6-15(10)17-9-5-11-14-13-9/h1-6H,(H,11,13,14). The lowest BCUT2D eigenvalue weighted by atomic mass is 10.2. The van der Waals surface area contributed by atoms with E-state index < -0.39 is 0 Å². The van der Waals surface area contributed by atoms with Crippen LogP contribution in [0.15, 0.2) is 46.5 Å². The van der Waals surface area contributed by atoms with Gasteiger partial charge in [0.15, 0.2) is 5.03 Å². The summed E-state index contributed by atoms with van der Waals surface area (Å²) in [6, 6.07) is 7.47. The average Bonchev–Trinajstić information content (AvgIpc) is 2.83. The molecule has 6 nitrogen and oxygen atoms in total. The van der Waals surface area contributed by atoms with E-state index in [1.54, 1.807) is 12.4 Å². The summed E-state index contributed by atoms with van der Waals surface area (Å²) in [5.74, 6) is 0. The lowest BCUT2D eigenvalue weighted by Gasteiger charge is -2.02. The van der Waals surface area contributed by atoms with Crippen LogP contribution in [0.1, 0.15) is 0 Å². The molecule has 0 radical (unpaired) electrons. The zero-order valence-electron chi connectivity index (χ0n) is 8.57. The molecule has 7 heteroatoms. The predicted octanol–water partition coefficient (Wildman–Crippen LogP) is 1.07. The molecule has 3 aromatic rings. The Morgan fingerprint density at radius 1 is 1.29 bits per heavy atom. The van der Waals surface area contributed by atoms with E-state index in [9.17, 15) is 4.79 Å². The van der Waals surface area contributed by atoms with Gasteiger partial charge in [0.25, 0.3) is 0 Å². The van der Waals surface area contributed by atoms with Gasteiger partial charge in [0.05, 0.1) is 11.7 Å². The van der Waals surface area contributed by atoms with Gasteiger partial charge in [0.2, 0.25) is 0 Å². The van der Waals surface area contributed by atoms with Gasteiger partial charge in [-0.05, 0) is 6.07 Å². The highest BCUT2D eigenvalue weighted by atomic mass is 32.2. The first-order valence-electron chi connectivity index (χ1n) is 4.85. The molecule has 1 N–H and O–H groups in total. The normalized spacial score (nSPS) is 10.8. The van der Waals surface area contributed by atoms with E-state index >= 15 is 0 Å². The molecule has 0 aliphatic carbocycles. The largest absolute Gasteiger partial charge is 0.358 e. The number of H-pyrrole nitrogens is 1. The molecule has 0 amide bonds. The highest BCUT2D eigenvalue weighted by molar-refractivity contribution is 7.97. The van der Waals surface area contributed by atoms with Gasteiger partial charge in [-0.1, -0.05) is 18.2 Å². The molecule has 17 heavy (non-hydrogen) atoms. The zero-order chi connectivity index (χ0) is 11.7. The first kappa shape index (κ1) is 10.0. The van der Waals surface area contributed by atoms with Crippen molar-refractivity contribution < 1.29 is 0 Å². The molecule has 0 aliphatic rings. The van der Waals surface area contributed by atoms with Crippen molar-refractivity contribution in [1.29, 1.82) is 0 Å². The van der Waals surface area contributed by atoms with Crippen LogP contribution < -0.4 is 5.69 Å². The van der Waals surface area contributed by atoms with E-state index in [4.69, 9.17) is 0 Å². The van der Waals surface area contributed by atoms with Gasteiger partial charge >= 0.3 is 5.69 Å². The van der Waals surface area contributed by atoms with Crippen molar-refractivity contribution >= 4 is 22.9 Å². The van der Waals surface area contributed by atoms with Gasteiger partial charge in [-0.25, -0.2) is 8.77 Å². The van der Waals surface area contributed by atoms with E-state index in [0.717, 1.165) is 5.39 Å². The third kappa shape index (κ3) is 1.92. The minimum atomic E-state index is -0.322. The first-order valence-corrected chi connectivity index (χ1v) is 5.63. The zero-order valence-corrected chi connectivity index (χ0v) is 9.39. The van der Waals surface area contributed by atoms with Crippen molar-refractivity contribution in [2.24, 2.45) is 0 Å². The van der Waals surface area contributed by atoms with Gasteiger partial charge in [-0.2, -0.15) is 15.3 Å². The molecular formula is C10H7N5OS. The fraction of sp³-hybridized carbons (Fsp3) is 0. The van der Waals surface area contributed by atoms with Crippen molar-refractivity contribution in [1.82, 2.24) is 24.4 Å². The van der Waals surface area contributed by atoms with E-state index in [-0.39, 0.29) is 5.69 Å². The minimum absolute atomic E-state index is 0.322. The summed E-state index contributed by atoms with van der Waals surface area (Å²) in [5, 5.41) is 11.6. The number of fused-ring (bicyclic) bond motifs is 1. The van der Waals surface area contributed by atoms with Gasteiger partial charge in [-0.3, -0.25) is 0 Å². The smallest absolute Gasteiger partial charge is 0.245 e. The molecule has 0 aliphatic heterocycles. The highest BCUT2D eigenvalue weighted by Gasteiger charge is 2.04. The Balaban J connectivity index is 2.10. The summed E-state index contributed by atoms with van der Waals surface area (Å²) >= 11 is 1.17. The summed E-state index contributed by atoms with van der Waals surface area (Å²) < 4.78 is 1.43. The summed E-state index contributed by atoms with van der Waals surface area (Å²) in [6.07, 6.45) is 3.29. The Morgan fingerprint density at radius 3 is 3.00 bits per heavy atom. The topological polar surface area (TPSA) is 76.5 Å². The van der Waals surface area contributed by atoms with Crippen molar-refractivity contribution in [3.63, 3.8) is 0 Å². The molecule has 0 saturated carbocycles. The van der Waals surface area contributed by atoms with Gasteiger partial charge in [0, 0.05) is 23.5 Å². The van der Waals surface area contributed by atoms with Gasteiger partial charge in [0.1, 0.15) is 0 Å². The predicted molar refractivity (Wildman–Crippen MR) is 63.6 cm³/mol. The van der Waals surface area contributed by atoms with E-state index in [1.165, 1.54) is 15.9 Å². The molecule has 0 atom stereocenters. The number of aromatic nitrogens is 5. The third-order valence-electron chi connectivity index (χ3n) is 2.18. The maximum atomic E-state index is 11.7. The molecule has 0 fully saturated rings. The van der Waals surface area contributed by atoms with Crippen LogP contribution >= 0.6 is 11.9 Å². The molecule has 0 saturated heterocycles. The Morgan fingerprint density at radius 2 is 2.18 bits per heavy atom. The molecular weight excluding hydrogens is 238 g/mol. The number of para-hydroxylation sites is 1. The Bertz CT molecular complexity index is 706. The van der Waals surface area contributed by atoms with Crippen molar-refractivity contribution in [2.75, 3.05) is 0 Å². The minimum Gasteiger partial charge on any atom is -0.245 e. The number of benzene rings is 1. The summed E-state index contributed by atoms with van der Waals surface area (Å²) in [6.45, 7) is 0. The van der Waals surface area contributed by atoms with Crippen LogP contribution in [-0.4, -0.2) is 24.4 Å². The van der Waals surface area contributed by atoms with E-state index in [0.29, 0.717) is 10.5 Å². The van der Waals surface area contributed by atoms with Crippen LogP contribution in [0.2, 0.25) is 0 Å². The monoisotopic (exact) mass is 245 g/mol. The quantitative estimate of drug-likeness (QED) is 0.730. The second-order valence-electron chi connectivity index (χ2n) is 3.31. The van der Waals surface area contributed by atoms with Crippen LogP contribution in [0.25, 0.3) is 10.9 Å². The molecule has 2 aromatic heterocycles. The Labute approximate surface area is 99.8 Å². The van der Waals surface area contributed by atoms with Crippen LogP contribution in [0.4, 0.5) is 0 Å². The van der Waals surface area contributed by atoms with Crippen LogP contribution in [0, 0.1) is 0 Å². The summed E-state index contributed by atoms with van der Waals surface area (Å²) in [7, 11) is 0. The second kappa shape index (κ2) is 4.02. The number of hydrogen-bond acceptors (Lipinski definition) is 5. The molecule has 84 valence electrons. The number of hydrogen-bond donors (Lipinski definition) is 1. The van der Waals surface area contributed by atoms with E-state index in [2.05, 4.69) is 20.4 Å². The number of rotatable bonds is 2. The third-order valence-corrected chi connectivity index (χ3v) is 3.02. The maximum Gasteiger partial charge on any atom is 0.358 e. The molecule has 3 rings (SSSR count). The van der Waals surface area contributed by atoms with Crippen LogP contribution in [0.5, 0.6) is 0 Å². The molecule has 0 spiro atoms. The number of aromatic amines is 1. The van der Waals surface area contributed by atoms with E-state index in [1.807, 2.05) is 24.3 Å². The molecule has 0 bridgehead atoms. The Hall–Kier alpha value is -2.15. The SMILES string of the molecule is O=c1nc2ccccc2cn1Sc1cn[nH]n1. The van der Waals surface area contributed by atoms with Crippen LogP contribution in [-0.2, 0) is 0 Å². The number of nitrogens with one attached hydrogen (secondary N) is 1. The van der Waals surface area contributed by atoms with Gasteiger partial charge in [-0.15, -0.1) is 5.10 Å². The highest BCUT2D eigenvalue weighted by Crippen LogP contribution is 2.16. The summed E-state index contributed by atoms with van der Waals surface area (Å²) in [5.41, 5.74) is 0.367. The maximum absolute atomic E-state index is 11.7. The average molecular weight is 245 g/mol. The van der Waals surface area contributed by atoms with Crippen molar-refractivity contribution in [2.45, 2.75) is 5.03 Å². The summed E-state index contributed by atoms with van der Waals surface area (Å²) in [4.78, 5) is 15.7. The molecule has 2 heterocycles. The van der Waals surface area contributed by atoms with Crippen molar-refractivity contribution in [3.8, 4) is 0 Å². The lowest BCUT2D eigenvalue weighted by Crippen LogP contribution is -2.17. The van der Waals surface area contributed by atoms with Gasteiger partial charge < -0.3 is 0 Å². The fourth-order valence-corrected chi connectivity index (χ4v) is 2.10. The van der Waals surface area contributed by atoms with Crippen LogP contribution in [0.3, 0.4) is 0 Å². The Kier molecular flexibility index (Phi) is 2.37. The first-order chi connectivity index (χ1) is 8.33. The second-order valence-corrected chi connectivity index (χ2v) is 4.30. The molecule has 0 unspecified atom stereocenters. The molecule has 1 aromatic carbocycles. The number of nitrogens with zero attached hydrogens (tertiary/aromatic N) is 4. The lowest BCUT2D eigenvalue weighted by molar-refractivity contribution is 0.908. The fourth-order valence-electron chi connectivity index (χ4n) is 1.43.